The van der Waals surface area contributed by atoms with Crippen LogP contribution in [0.25, 0.3) is 0 Å². The molecule has 0 amide bonds. The topological polar surface area (TPSA) is 27.0 Å². The zero-order chi connectivity index (χ0) is 14.5. The molecule has 2 aromatic rings. The van der Waals surface area contributed by atoms with Crippen LogP contribution in [-0.4, -0.2) is 6.04 Å². The van der Waals surface area contributed by atoms with Gasteiger partial charge in [-0.2, -0.15) is 5.26 Å². The van der Waals surface area contributed by atoms with Crippen molar-refractivity contribution in [1.82, 2.24) is 0 Å². The van der Waals surface area contributed by atoms with E-state index in [-0.39, 0.29) is 0 Å². The average Bonchev–Trinajstić information content (AvgIpc) is 2.45. The molecule has 0 spiro atoms. The fourth-order valence-electron chi connectivity index (χ4n) is 2.13. The maximum atomic E-state index is 8.94. The number of halogens is 1. The van der Waals surface area contributed by atoms with E-state index in [1.54, 1.807) is 6.07 Å². The highest BCUT2D eigenvalue weighted by molar-refractivity contribution is 6.32. The Morgan fingerprint density at radius 2 is 1.85 bits per heavy atom. The second-order valence-corrected chi connectivity index (χ2v) is 5.39. The van der Waals surface area contributed by atoms with Crippen LogP contribution in [-0.2, 0) is 6.54 Å². The molecule has 0 bridgehead atoms. The predicted molar refractivity (Wildman–Crippen MR) is 83.9 cm³/mol. The summed E-state index contributed by atoms with van der Waals surface area (Å²) in [7, 11) is 0. The molecule has 0 atom stereocenters. The highest BCUT2D eigenvalue weighted by Gasteiger charge is 2.12. The molecular formula is C17H17ClN2. The van der Waals surface area contributed by atoms with Gasteiger partial charge < -0.3 is 4.90 Å². The number of nitriles is 1. The molecule has 2 nitrogen and oxygen atoms in total. The summed E-state index contributed by atoms with van der Waals surface area (Å²) in [6.07, 6.45) is 0. The summed E-state index contributed by atoms with van der Waals surface area (Å²) < 4.78 is 0. The van der Waals surface area contributed by atoms with E-state index in [0.29, 0.717) is 16.6 Å². The van der Waals surface area contributed by atoms with E-state index in [2.05, 4.69) is 36.9 Å². The second kappa shape index (κ2) is 6.45. The quantitative estimate of drug-likeness (QED) is 0.819. The molecule has 0 aromatic heterocycles. The van der Waals surface area contributed by atoms with E-state index >= 15 is 0 Å². The zero-order valence-electron chi connectivity index (χ0n) is 11.7. The first kappa shape index (κ1) is 14.4. The van der Waals surface area contributed by atoms with Crippen LogP contribution in [0.15, 0.2) is 48.5 Å². The largest absolute Gasteiger partial charge is 0.365 e. The Kier molecular flexibility index (Phi) is 4.65. The molecular weight excluding hydrogens is 268 g/mol. The molecule has 3 heteroatoms. The average molecular weight is 285 g/mol. The lowest BCUT2D eigenvalue weighted by molar-refractivity contribution is 0.682. The molecule has 0 aliphatic carbocycles. The Morgan fingerprint density at radius 3 is 2.40 bits per heavy atom. The van der Waals surface area contributed by atoms with Gasteiger partial charge in [0.2, 0.25) is 0 Å². The van der Waals surface area contributed by atoms with Crippen LogP contribution in [0, 0.1) is 11.3 Å². The Balaban J connectivity index is 2.30. The van der Waals surface area contributed by atoms with E-state index < -0.39 is 0 Å². The number of nitrogens with zero attached hydrogens (tertiary/aromatic N) is 2. The summed E-state index contributed by atoms with van der Waals surface area (Å²) in [5, 5.41) is 9.45. The minimum absolute atomic E-state index is 0.346. The Labute approximate surface area is 125 Å². The van der Waals surface area contributed by atoms with Gasteiger partial charge in [-0.15, -0.1) is 0 Å². The smallest absolute Gasteiger partial charge is 0.101 e. The van der Waals surface area contributed by atoms with Crippen LogP contribution in [0.2, 0.25) is 5.02 Å². The first-order valence-corrected chi connectivity index (χ1v) is 7.00. The third kappa shape index (κ3) is 3.31. The van der Waals surface area contributed by atoms with Gasteiger partial charge in [-0.05, 0) is 37.6 Å². The summed E-state index contributed by atoms with van der Waals surface area (Å²) in [5.74, 6) is 0. The van der Waals surface area contributed by atoms with Gasteiger partial charge in [0.1, 0.15) is 6.07 Å². The van der Waals surface area contributed by atoms with Gasteiger partial charge in [0.15, 0.2) is 0 Å². The van der Waals surface area contributed by atoms with Crippen molar-refractivity contribution >= 4 is 17.3 Å². The van der Waals surface area contributed by atoms with Gasteiger partial charge in [-0.25, -0.2) is 0 Å². The normalized spacial score (nSPS) is 10.3. The number of rotatable bonds is 4. The first-order chi connectivity index (χ1) is 9.61. The molecule has 0 unspecified atom stereocenters. The van der Waals surface area contributed by atoms with E-state index in [4.69, 9.17) is 16.9 Å². The van der Waals surface area contributed by atoms with Gasteiger partial charge in [-0.3, -0.25) is 0 Å². The van der Waals surface area contributed by atoms with E-state index in [0.717, 1.165) is 12.2 Å². The molecule has 0 aliphatic heterocycles. The molecule has 2 aromatic carbocycles. The fraction of sp³-hybridized carbons (Fsp3) is 0.235. The van der Waals surface area contributed by atoms with Gasteiger partial charge in [0.05, 0.1) is 10.6 Å². The van der Waals surface area contributed by atoms with E-state index in [1.165, 1.54) is 5.56 Å². The van der Waals surface area contributed by atoms with Crippen LogP contribution >= 0.6 is 11.6 Å². The van der Waals surface area contributed by atoms with Crippen molar-refractivity contribution in [1.29, 1.82) is 5.26 Å². The van der Waals surface area contributed by atoms with Crippen LogP contribution in [0.1, 0.15) is 25.0 Å². The van der Waals surface area contributed by atoms with Gasteiger partial charge >= 0.3 is 0 Å². The van der Waals surface area contributed by atoms with Gasteiger partial charge in [0.25, 0.3) is 0 Å². The minimum atomic E-state index is 0.346. The monoisotopic (exact) mass is 284 g/mol. The summed E-state index contributed by atoms with van der Waals surface area (Å²) >= 11 is 6.13. The molecule has 0 saturated carbocycles. The van der Waals surface area contributed by atoms with Crippen molar-refractivity contribution in [3.8, 4) is 6.07 Å². The van der Waals surface area contributed by atoms with Crippen molar-refractivity contribution in [2.45, 2.75) is 26.4 Å². The molecule has 0 saturated heterocycles. The number of hydrogen-bond acceptors (Lipinski definition) is 2. The number of benzene rings is 2. The molecule has 0 fully saturated rings. The predicted octanol–water partition coefficient (Wildman–Crippen LogP) is 4.63. The SMILES string of the molecule is CC(C)N(Cc1ccccc1)c1ccc(C#N)c(Cl)c1. The molecule has 20 heavy (non-hydrogen) atoms. The molecule has 0 radical (unpaired) electrons. The van der Waals surface area contributed by atoms with Crippen LogP contribution in [0.4, 0.5) is 5.69 Å². The summed E-state index contributed by atoms with van der Waals surface area (Å²) in [6.45, 7) is 5.12. The third-order valence-corrected chi connectivity index (χ3v) is 3.54. The first-order valence-electron chi connectivity index (χ1n) is 6.62. The lowest BCUT2D eigenvalue weighted by atomic mass is 10.1. The third-order valence-electron chi connectivity index (χ3n) is 3.22. The number of anilines is 1. The van der Waals surface area contributed by atoms with Crippen molar-refractivity contribution in [2.24, 2.45) is 0 Å². The summed E-state index contributed by atoms with van der Waals surface area (Å²) in [6, 6.07) is 18.3. The second-order valence-electron chi connectivity index (χ2n) is 4.98. The summed E-state index contributed by atoms with van der Waals surface area (Å²) in [5.41, 5.74) is 2.80. The molecule has 2 rings (SSSR count). The van der Waals surface area contributed by atoms with Crippen molar-refractivity contribution < 1.29 is 0 Å². The van der Waals surface area contributed by atoms with Gasteiger partial charge in [0, 0.05) is 18.3 Å². The molecule has 102 valence electrons. The van der Waals surface area contributed by atoms with Crippen molar-refractivity contribution in [2.75, 3.05) is 4.90 Å². The molecule has 0 heterocycles. The van der Waals surface area contributed by atoms with Crippen LogP contribution in [0.5, 0.6) is 0 Å². The lowest BCUT2D eigenvalue weighted by Crippen LogP contribution is -2.30. The van der Waals surface area contributed by atoms with E-state index in [1.807, 2.05) is 30.3 Å². The minimum Gasteiger partial charge on any atom is -0.365 e. The zero-order valence-corrected chi connectivity index (χ0v) is 12.4. The standard InChI is InChI=1S/C17H17ClN2/c1-13(2)20(12-14-6-4-3-5-7-14)16-9-8-15(11-19)17(18)10-16/h3-10,13H,12H2,1-2H3. The maximum absolute atomic E-state index is 8.94. The van der Waals surface area contributed by atoms with E-state index in [9.17, 15) is 0 Å². The number of hydrogen-bond donors (Lipinski definition) is 0. The molecule has 0 aliphatic rings. The fourth-order valence-corrected chi connectivity index (χ4v) is 2.34. The molecule has 0 N–H and O–H groups in total. The van der Waals surface area contributed by atoms with Gasteiger partial charge in [-0.1, -0.05) is 41.9 Å². The summed E-state index contributed by atoms with van der Waals surface area (Å²) in [4.78, 5) is 2.27. The van der Waals surface area contributed by atoms with Crippen LogP contribution in [0.3, 0.4) is 0 Å². The van der Waals surface area contributed by atoms with Crippen molar-refractivity contribution in [3.63, 3.8) is 0 Å². The Morgan fingerprint density at radius 1 is 1.15 bits per heavy atom. The highest BCUT2D eigenvalue weighted by Crippen LogP contribution is 2.26. The van der Waals surface area contributed by atoms with Crippen LogP contribution < -0.4 is 4.90 Å². The maximum Gasteiger partial charge on any atom is 0.101 e. The lowest BCUT2D eigenvalue weighted by Gasteiger charge is -2.29. The highest BCUT2D eigenvalue weighted by atomic mass is 35.5. The Hall–Kier alpha value is -1.98. The van der Waals surface area contributed by atoms with Crippen molar-refractivity contribution in [3.05, 3.63) is 64.7 Å². The Bertz CT molecular complexity index is 615.